The summed E-state index contributed by atoms with van der Waals surface area (Å²) in [4.78, 5) is 4.44. The molecule has 4 nitrogen and oxygen atoms in total. The molecule has 2 aromatic carbocycles. The van der Waals surface area contributed by atoms with Crippen LogP contribution in [0.5, 0.6) is 5.75 Å². The molecule has 124 valence electrons. The number of aryl methyl sites for hydroxylation is 1. The lowest BCUT2D eigenvalue weighted by molar-refractivity contribution is 0.410. The number of fused-ring (bicyclic) bond motifs is 1. The second kappa shape index (κ2) is 6.06. The van der Waals surface area contributed by atoms with Crippen molar-refractivity contribution in [2.24, 2.45) is 0 Å². The minimum atomic E-state index is 0.733. The molecule has 0 unspecified atom stereocenters. The fourth-order valence-electron chi connectivity index (χ4n) is 3.06. The molecule has 0 atom stereocenters. The highest BCUT2D eigenvalue weighted by molar-refractivity contribution is 5.87. The topological polar surface area (TPSA) is 48.2 Å². The van der Waals surface area contributed by atoms with Gasteiger partial charge in [0.25, 0.3) is 0 Å². The molecular weight excluding hydrogens is 312 g/mol. The molecule has 0 radical (unpaired) electrons. The molecular formula is C21H18N2O2. The van der Waals surface area contributed by atoms with E-state index in [0.717, 1.165) is 50.2 Å². The molecule has 0 amide bonds. The van der Waals surface area contributed by atoms with Crippen molar-refractivity contribution in [3.8, 4) is 28.2 Å². The highest BCUT2D eigenvalue weighted by Gasteiger charge is 2.16. The van der Waals surface area contributed by atoms with E-state index in [1.54, 1.807) is 19.5 Å². The Hall–Kier alpha value is -3.14. The summed E-state index contributed by atoms with van der Waals surface area (Å²) in [7, 11) is 1.68. The van der Waals surface area contributed by atoms with Crippen molar-refractivity contribution in [3.63, 3.8) is 0 Å². The summed E-state index contributed by atoms with van der Waals surface area (Å²) < 4.78 is 11.1. The maximum Gasteiger partial charge on any atom is 0.174 e. The normalized spacial score (nSPS) is 11.0. The molecule has 0 saturated carbocycles. The largest absolute Gasteiger partial charge is 0.496 e. The Morgan fingerprint density at radius 3 is 2.72 bits per heavy atom. The standard InChI is InChI=1S/C21H18N2O2/c1-13-9-17(11-20(24-3)14(13)2)21-18(12-23-25-21)16-7-6-15-5-4-8-22-19(15)10-16/h4-12H,1-3H3. The lowest BCUT2D eigenvalue weighted by atomic mass is 9.98. The monoisotopic (exact) mass is 330 g/mol. The molecule has 0 aliphatic rings. The highest BCUT2D eigenvalue weighted by atomic mass is 16.5. The maximum atomic E-state index is 5.59. The number of aromatic nitrogens is 2. The Balaban J connectivity index is 1.87. The van der Waals surface area contributed by atoms with Crippen molar-refractivity contribution in [1.29, 1.82) is 0 Å². The predicted octanol–water partition coefficient (Wildman–Crippen LogP) is 5.18. The third-order valence-corrected chi connectivity index (χ3v) is 4.59. The van der Waals surface area contributed by atoms with Crippen LogP contribution >= 0.6 is 0 Å². The Morgan fingerprint density at radius 2 is 1.88 bits per heavy atom. The van der Waals surface area contributed by atoms with Gasteiger partial charge in [-0.25, -0.2) is 0 Å². The molecule has 0 N–H and O–H groups in total. The van der Waals surface area contributed by atoms with Gasteiger partial charge in [-0.2, -0.15) is 0 Å². The Labute approximate surface area is 146 Å². The number of pyridine rings is 1. The predicted molar refractivity (Wildman–Crippen MR) is 98.7 cm³/mol. The zero-order valence-electron chi connectivity index (χ0n) is 14.4. The van der Waals surface area contributed by atoms with E-state index in [0.29, 0.717) is 0 Å². The summed E-state index contributed by atoms with van der Waals surface area (Å²) in [6.45, 7) is 4.12. The average Bonchev–Trinajstić information content (AvgIpc) is 3.13. The Kier molecular flexibility index (Phi) is 3.73. The van der Waals surface area contributed by atoms with Gasteiger partial charge in [-0.3, -0.25) is 4.98 Å². The van der Waals surface area contributed by atoms with Gasteiger partial charge in [0, 0.05) is 22.7 Å². The van der Waals surface area contributed by atoms with Crippen LogP contribution in [0.3, 0.4) is 0 Å². The molecule has 0 aliphatic carbocycles. The van der Waals surface area contributed by atoms with Crippen molar-refractivity contribution in [2.75, 3.05) is 7.11 Å². The van der Waals surface area contributed by atoms with Crippen molar-refractivity contribution in [2.45, 2.75) is 13.8 Å². The smallest absolute Gasteiger partial charge is 0.174 e. The molecule has 4 rings (SSSR count). The first-order chi connectivity index (χ1) is 12.2. The quantitative estimate of drug-likeness (QED) is 0.519. The minimum absolute atomic E-state index is 0.733. The summed E-state index contributed by atoms with van der Waals surface area (Å²) in [6, 6.07) is 14.3. The number of nitrogens with zero attached hydrogens (tertiary/aromatic N) is 2. The summed E-state index contributed by atoms with van der Waals surface area (Å²) in [5.41, 5.74) is 6.15. The van der Waals surface area contributed by atoms with Gasteiger partial charge in [0.05, 0.1) is 18.8 Å². The van der Waals surface area contributed by atoms with E-state index in [2.05, 4.69) is 47.4 Å². The second-order valence-corrected chi connectivity index (χ2v) is 6.10. The fourth-order valence-corrected chi connectivity index (χ4v) is 3.06. The number of methoxy groups -OCH3 is 1. The molecule has 0 fully saturated rings. The summed E-state index contributed by atoms with van der Waals surface area (Å²) in [5, 5.41) is 5.13. The minimum Gasteiger partial charge on any atom is -0.496 e. The molecule has 0 aliphatic heterocycles. The highest BCUT2D eigenvalue weighted by Crippen LogP contribution is 2.36. The number of hydrogen-bond acceptors (Lipinski definition) is 4. The number of rotatable bonds is 3. The van der Waals surface area contributed by atoms with Crippen LogP contribution in [0.15, 0.2) is 59.4 Å². The van der Waals surface area contributed by atoms with Gasteiger partial charge < -0.3 is 9.26 Å². The molecule has 0 spiro atoms. The molecule has 4 aromatic rings. The molecule has 2 aromatic heterocycles. The Morgan fingerprint density at radius 1 is 1.00 bits per heavy atom. The van der Waals surface area contributed by atoms with Gasteiger partial charge in [0.1, 0.15) is 5.75 Å². The zero-order chi connectivity index (χ0) is 17.4. The van der Waals surface area contributed by atoms with Crippen LogP contribution in [0, 0.1) is 13.8 Å². The average molecular weight is 330 g/mol. The van der Waals surface area contributed by atoms with Crippen LogP contribution in [0.2, 0.25) is 0 Å². The lowest BCUT2D eigenvalue weighted by Gasteiger charge is -2.10. The Bertz CT molecular complexity index is 1070. The second-order valence-electron chi connectivity index (χ2n) is 6.10. The first kappa shape index (κ1) is 15.4. The molecule has 0 bridgehead atoms. The van der Waals surface area contributed by atoms with Gasteiger partial charge >= 0.3 is 0 Å². The van der Waals surface area contributed by atoms with Crippen molar-refractivity contribution < 1.29 is 9.26 Å². The van der Waals surface area contributed by atoms with E-state index in [1.807, 2.05) is 19.1 Å². The van der Waals surface area contributed by atoms with Crippen LogP contribution in [-0.2, 0) is 0 Å². The lowest BCUT2D eigenvalue weighted by Crippen LogP contribution is -1.92. The number of ether oxygens (including phenoxy) is 1. The van der Waals surface area contributed by atoms with Crippen LogP contribution in [-0.4, -0.2) is 17.3 Å². The first-order valence-corrected chi connectivity index (χ1v) is 8.13. The van der Waals surface area contributed by atoms with E-state index in [1.165, 1.54) is 0 Å². The maximum absolute atomic E-state index is 5.59. The molecule has 0 saturated heterocycles. The summed E-state index contributed by atoms with van der Waals surface area (Å²) in [6.07, 6.45) is 3.55. The first-order valence-electron chi connectivity index (χ1n) is 8.13. The summed E-state index contributed by atoms with van der Waals surface area (Å²) >= 11 is 0. The zero-order valence-corrected chi connectivity index (χ0v) is 14.4. The fraction of sp³-hybridized carbons (Fsp3) is 0.143. The van der Waals surface area contributed by atoms with Gasteiger partial charge in [0.15, 0.2) is 5.76 Å². The third kappa shape index (κ3) is 2.66. The number of benzene rings is 2. The van der Waals surface area contributed by atoms with E-state index in [9.17, 15) is 0 Å². The van der Waals surface area contributed by atoms with Crippen LogP contribution < -0.4 is 4.74 Å². The van der Waals surface area contributed by atoms with E-state index < -0.39 is 0 Å². The number of hydrogen-bond donors (Lipinski definition) is 0. The van der Waals surface area contributed by atoms with Crippen LogP contribution in [0.4, 0.5) is 0 Å². The molecule has 25 heavy (non-hydrogen) atoms. The van der Waals surface area contributed by atoms with Crippen LogP contribution in [0.1, 0.15) is 11.1 Å². The summed E-state index contributed by atoms with van der Waals surface area (Å²) in [5.74, 6) is 1.58. The van der Waals surface area contributed by atoms with Crippen molar-refractivity contribution >= 4 is 10.9 Å². The SMILES string of the molecule is COc1cc(-c2oncc2-c2ccc3cccnc3c2)cc(C)c1C. The van der Waals surface area contributed by atoms with Gasteiger partial charge in [-0.1, -0.05) is 23.4 Å². The van der Waals surface area contributed by atoms with E-state index in [-0.39, 0.29) is 0 Å². The van der Waals surface area contributed by atoms with Gasteiger partial charge in [-0.15, -0.1) is 0 Å². The van der Waals surface area contributed by atoms with Crippen molar-refractivity contribution in [1.82, 2.24) is 10.1 Å². The molecule has 2 heterocycles. The third-order valence-electron chi connectivity index (χ3n) is 4.59. The van der Waals surface area contributed by atoms with Crippen molar-refractivity contribution in [3.05, 3.63) is 66.0 Å². The van der Waals surface area contributed by atoms with E-state index in [4.69, 9.17) is 9.26 Å². The molecule has 4 heteroatoms. The van der Waals surface area contributed by atoms with Crippen LogP contribution in [0.25, 0.3) is 33.4 Å². The van der Waals surface area contributed by atoms with Gasteiger partial charge in [-0.05, 0) is 54.8 Å². The van der Waals surface area contributed by atoms with E-state index >= 15 is 0 Å². The van der Waals surface area contributed by atoms with Gasteiger partial charge in [0.2, 0.25) is 0 Å².